The van der Waals surface area contributed by atoms with E-state index in [1.165, 1.54) is 22.9 Å². The maximum absolute atomic E-state index is 12.9. The van der Waals surface area contributed by atoms with E-state index in [9.17, 15) is 18.0 Å². The largest absolute Gasteiger partial charge is 0.416 e. The minimum atomic E-state index is -4.41. The second-order valence-electron chi connectivity index (χ2n) is 5.65. The van der Waals surface area contributed by atoms with Crippen molar-refractivity contribution in [2.75, 3.05) is 0 Å². The standard InChI is InChI=1S/C16H17F3N2OS/c1-10(2)6-13(21-15(22)14-8-23-9-20-14)11-4-3-5-12(7-11)16(17,18)19/h3-5,7-10,13H,6H2,1-2H3,(H,21,22). The number of rotatable bonds is 5. The number of hydrogen-bond acceptors (Lipinski definition) is 3. The van der Waals surface area contributed by atoms with E-state index < -0.39 is 17.8 Å². The van der Waals surface area contributed by atoms with Gasteiger partial charge in [0.15, 0.2) is 0 Å². The van der Waals surface area contributed by atoms with Crippen molar-refractivity contribution < 1.29 is 18.0 Å². The average molecular weight is 342 g/mol. The molecule has 1 N–H and O–H groups in total. The van der Waals surface area contributed by atoms with Crippen LogP contribution in [0.15, 0.2) is 35.2 Å². The summed E-state index contributed by atoms with van der Waals surface area (Å²) in [5.74, 6) is -0.167. The molecule has 7 heteroatoms. The number of benzene rings is 1. The molecule has 1 unspecified atom stereocenters. The third-order valence-corrected chi connectivity index (χ3v) is 3.88. The molecular weight excluding hydrogens is 325 g/mol. The highest BCUT2D eigenvalue weighted by atomic mass is 32.1. The molecule has 1 aromatic carbocycles. The number of carbonyl (C=O) groups excluding carboxylic acids is 1. The van der Waals surface area contributed by atoms with Gasteiger partial charge in [-0.3, -0.25) is 4.79 Å². The van der Waals surface area contributed by atoms with Crippen molar-refractivity contribution in [2.45, 2.75) is 32.5 Å². The van der Waals surface area contributed by atoms with Crippen LogP contribution in [0, 0.1) is 5.92 Å². The molecule has 23 heavy (non-hydrogen) atoms. The van der Waals surface area contributed by atoms with Gasteiger partial charge in [0.25, 0.3) is 5.91 Å². The number of alkyl halides is 3. The third-order valence-electron chi connectivity index (χ3n) is 3.29. The third kappa shape index (κ3) is 4.79. The van der Waals surface area contributed by atoms with Crippen LogP contribution in [0.5, 0.6) is 0 Å². The van der Waals surface area contributed by atoms with Gasteiger partial charge < -0.3 is 5.32 Å². The number of amides is 1. The maximum atomic E-state index is 12.9. The second-order valence-corrected chi connectivity index (χ2v) is 6.37. The molecule has 2 rings (SSSR count). The first-order chi connectivity index (χ1) is 10.8. The van der Waals surface area contributed by atoms with Gasteiger partial charge in [0.05, 0.1) is 17.1 Å². The number of aromatic nitrogens is 1. The SMILES string of the molecule is CC(C)CC(NC(=O)c1cscn1)c1cccc(C(F)(F)F)c1. The molecule has 3 nitrogen and oxygen atoms in total. The predicted octanol–water partition coefficient (Wildman–Crippen LogP) is 4.68. The first-order valence-corrected chi connectivity index (χ1v) is 8.08. The zero-order valence-corrected chi connectivity index (χ0v) is 13.5. The Morgan fingerprint density at radius 2 is 2.09 bits per heavy atom. The summed E-state index contributed by atoms with van der Waals surface area (Å²) in [6, 6.07) is 4.59. The Balaban J connectivity index is 2.26. The number of nitrogens with zero attached hydrogens (tertiary/aromatic N) is 1. The van der Waals surface area contributed by atoms with Gasteiger partial charge in [0, 0.05) is 5.38 Å². The van der Waals surface area contributed by atoms with Crippen molar-refractivity contribution in [3.63, 3.8) is 0 Å². The van der Waals surface area contributed by atoms with E-state index in [1.807, 2.05) is 13.8 Å². The van der Waals surface area contributed by atoms with E-state index >= 15 is 0 Å². The first kappa shape index (κ1) is 17.5. The summed E-state index contributed by atoms with van der Waals surface area (Å²) in [7, 11) is 0. The minimum Gasteiger partial charge on any atom is -0.344 e. The van der Waals surface area contributed by atoms with Gasteiger partial charge in [0.2, 0.25) is 0 Å². The summed E-state index contributed by atoms with van der Waals surface area (Å²) in [5, 5.41) is 4.39. The normalized spacial score (nSPS) is 13.1. The summed E-state index contributed by atoms with van der Waals surface area (Å²) in [4.78, 5) is 16.1. The van der Waals surface area contributed by atoms with Crippen LogP contribution in [0.1, 0.15) is 47.9 Å². The van der Waals surface area contributed by atoms with Crippen LogP contribution in [-0.4, -0.2) is 10.9 Å². The molecule has 0 saturated carbocycles. The molecule has 0 aliphatic carbocycles. The van der Waals surface area contributed by atoms with E-state index in [0.717, 1.165) is 12.1 Å². The number of hydrogen-bond donors (Lipinski definition) is 1. The minimum absolute atomic E-state index is 0.213. The Bertz CT molecular complexity index is 654. The lowest BCUT2D eigenvalue weighted by Crippen LogP contribution is -2.30. The fraction of sp³-hybridized carbons (Fsp3) is 0.375. The van der Waals surface area contributed by atoms with Gasteiger partial charge in [-0.25, -0.2) is 4.98 Å². The Hall–Kier alpha value is -1.89. The van der Waals surface area contributed by atoms with Crippen LogP contribution in [0.4, 0.5) is 13.2 Å². The maximum Gasteiger partial charge on any atom is 0.416 e. The summed E-state index contributed by atoms with van der Waals surface area (Å²) in [6.45, 7) is 3.91. The van der Waals surface area contributed by atoms with E-state index in [-0.39, 0.29) is 17.5 Å². The molecule has 0 aliphatic heterocycles. The fourth-order valence-electron chi connectivity index (χ4n) is 2.24. The lowest BCUT2D eigenvalue weighted by atomic mass is 9.95. The molecule has 1 amide bonds. The lowest BCUT2D eigenvalue weighted by molar-refractivity contribution is -0.137. The molecule has 1 heterocycles. The molecule has 2 aromatic rings. The van der Waals surface area contributed by atoms with Crippen LogP contribution in [0.2, 0.25) is 0 Å². The Kier molecular flexibility index (Phi) is 5.41. The number of carbonyl (C=O) groups is 1. The van der Waals surface area contributed by atoms with Gasteiger partial charge in [-0.2, -0.15) is 13.2 Å². The lowest BCUT2D eigenvalue weighted by Gasteiger charge is -2.21. The molecule has 1 aromatic heterocycles. The highest BCUT2D eigenvalue weighted by Gasteiger charge is 2.31. The average Bonchev–Trinajstić information content (AvgIpc) is 2.99. The summed E-state index contributed by atoms with van der Waals surface area (Å²) < 4.78 is 38.7. The molecule has 0 radical (unpaired) electrons. The van der Waals surface area contributed by atoms with Crippen molar-refractivity contribution in [1.29, 1.82) is 0 Å². The highest BCUT2D eigenvalue weighted by molar-refractivity contribution is 7.07. The number of nitrogens with one attached hydrogen (secondary N) is 1. The van der Waals surface area contributed by atoms with Crippen molar-refractivity contribution in [3.05, 3.63) is 52.0 Å². The first-order valence-electron chi connectivity index (χ1n) is 7.13. The van der Waals surface area contributed by atoms with Crippen molar-refractivity contribution in [3.8, 4) is 0 Å². The van der Waals surface area contributed by atoms with Gasteiger partial charge in [-0.05, 0) is 30.0 Å². The highest BCUT2D eigenvalue weighted by Crippen LogP contribution is 2.32. The molecule has 0 bridgehead atoms. The Morgan fingerprint density at radius 3 is 2.65 bits per heavy atom. The van der Waals surface area contributed by atoms with E-state index in [2.05, 4.69) is 10.3 Å². The number of thiazole rings is 1. The Labute approximate surface area is 136 Å². The number of halogens is 3. The monoisotopic (exact) mass is 342 g/mol. The fourth-order valence-corrected chi connectivity index (χ4v) is 2.77. The van der Waals surface area contributed by atoms with Gasteiger partial charge in [0.1, 0.15) is 5.69 Å². The summed E-state index contributed by atoms with van der Waals surface area (Å²) in [6.07, 6.45) is -3.87. The summed E-state index contributed by atoms with van der Waals surface area (Å²) >= 11 is 1.29. The molecule has 124 valence electrons. The summed E-state index contributed by atoms with van der Waals surface area (Å²) in [5.41, 5.74) is 1.54. The van der Waals surface area contributed by atoms with Gasteiger partial charge in [-0.1, -0.05) is 26.0 Å². The zero-order chi connectivity index (χ0) is 17.0. The van der Waals surface area contributed by atoms with Crippen LogP contribution < -0.4 is 5.32 Å². The van der Waals surface area contributed by atoms with E-state index in [0.29, 0.717) is 12.0 Å². The van der Waals surface area contributed by atoms with E-state index in [1.54, 1.807) is 11.4 Å². The zero-order valence-electron chi connectivity index (χ0n) is 12.7. The van der Waals surface area contributed by atoms with Crippen LogP contribution in [0.25, 0.3) is 0 Å². The van der Waals surface area contributed by atoms with Gasteiger partial charge >= 0.3 is 6.18 Å². The van der Waals surface area contributed by atoms with Crippen molar-refractivity contribution in [2.24, 2.45) is 5.92 Å². The molecule has 1 atom stereocenters. The molecule has 0 saturated heterocycles. The smallest absolute Gasteiger partial charge is 0.344 e. The molecule has 0 aliphatic rings. The van der Waals surface area contributed by atoms with Crippen molar-refractivity contribution >= 4 is 17.2 Å². The predicted molar refractivity (Wildman–Crippen MR) is 83.2 cm³/mol. The van der Waals surface area contributed by atoms with Crippen LogP contribution >= 0.6 is 11.3 Å². The Morgan fingerprint density at radius 1 is 1.35 bits per heavy atom. The second kappa shape index (κ2) is 7.12. The van der Waals surface area contributed by atoms with Crippen molar-refractivity contribution in [1.82, 2.24) is 10.3 Å². The van der Waals surface area contributed by atoms with Gasteiger partial charge in [-0.15, -0.1) is 11.3 Å². The molecule has 0 fully saturated rings. The molecule has 0 spiro atoms. The molecular formula is C16H17F3N2OS. The van der Waals surface area contributed by atoms with Crippen LogP contribution in [0.3, 0.4) is 0 Å². The van der Waals surface area contributed by atoms with Crippen LogP contribution in [-0.2, 0) is 6.18 Å². The topological polar surface area (TPSA) is 42.0 Å². The quantitative estimate of drug-likeness (QED) is 0.857. The van der Waals surface area contributed by atoms with E-state index in [4.69, 9.17) is 0 Å².